The number of nitrogens with zero attached hydrogens (tertiary/aromatic N) is 2. The highest BCUT2D eigenvalue weighted by molar-refractivity contribution is 6.04. The number of nitrogens with one attached hydrogen (secondary N) is 2. The van der Waals surface area contributed by atoms with Gasteiger partial charge in [0, 0.05) is 36.8 Å². The monoisotopic (exact) mass is 450 g/mol. The number of amides is 1. The van der Waals surface area contributed by atoms with Gasteiger partial charge < -0.3 is 10.6 Å². The van der Waals surface area contributed by atoms with E-state index in [0.29, 0.717) is 0 Å². The minimum absolute atomic E-state index is 0.0118. The summed E-state index contributed by atoms with van der Waals surface area (Å²) >= 11 is 0. The molecule has 1 saturated carbocycles. The fraction of sp³-hybridized carbons (Fsp3) is 0.318. The number of carbonyl (C=O) groups excluding carboxylic acids is 1. The Balaban J connectivity index is 1.66. The lowest BCUT2D eigenvalue weighted by Crippen LogP contribution is -2.44. The third-order valence-corrected chi connectivity index (χ3v) is 5.52. The van der Waals surface area contributed by atoms with Crippen LogP contribution in [0.4, 0.5) is 22.0 Å². The van der Waals surface area contributed by atoms with E-state index < -0.39 is 40.9 Å². The molecule has 5 nitrogen and oxygen atoms in total. The molecule has 1 aromatic carbocycles. The average Bonchev–Trinajstić information content (AvgIpc) is 2.77. The first-order chi connectivity index (χ1) is 15.2. The molecule has 1 aliphatic carbocycles. The van der Waals surface area contributed by atoms with Crippen molar-refractivity contribution in [2.75, 3.05) is 0 Å². The topological polar surface area (TPSA) is 66.9 Å². The number of aromatic nitrogens is 2. The summed E-state index contributed by atoms with van der Waals surface area (Å²) in [6.07, 6.45) is 5.48. The zero-order valence-corrected chi connectivity index (χ0v) is 16.7. The Kier molecular flexibility index (Phi) is 5.70. The number of hydrogen-bond acceptors (Lipinski definition) is 4. The number of dihydropyridines is 1. The molecule has 1 atom stereocenters. The zero-order valence-electron chi connectivity index (χ0n) is 16.7. The van der Waals surface area contributed by atoms with Crippen molar-refractivity contribution >= 4 is 11.6 Å². The third-order valence-electron chi connectivity index (χ3n) is 5.52. The first kappa shape index (κ1) is 21.9. The summed E-state index contributed by atoms with van der Waals surface area (Å²) in [6.45, 7) is 0. The van der Waals surface area contributed by atoms with Gasteiger partial charge in [0.2, 0.25) is 11.7 Å². The van der Waals surface area contributed by atoms with Crippen molar-refractivity contribution in [2.24, 2.45) is 0 Å². The molecule has 1 aromatic heterocycles. The summed E-state index contributed by atoms with van der Waals surface area (Å²) in [4.78, 5) is 20.6. The molecule has 10 heteroatoms. The van der Waals surface area contributed by atoms with Crippen LogP contribution in [0.1, 0.15) is 36.8 Å². The molecule has 1 amide bonds. The van der Waals surface area contributed by atoms with E-state index in [1.807, 2.05) is 0 Å². The lowest BCUT2D eigenvalue weighted by molar-refractivity contribution is -0.119. The van der Waals surface area contributed by atoms with Gasteiger partial charge in [-0.2, -0.15) is 0 Å². The molecule has 2 aliphatic rings. The quantitative estimate of drug-likeness (QED) is 0.543. The highest BCUT2D eigenvalue weighted by atomic mass is 19.3. The Labute approximate surface area is 180 Å². The van der Waals surface area contributed by atoms with Crippen LogP contribution in [0.15, 0.2) is 54.6 Å². The first-order valence-corrected chi connectivity index (χ1v) is 9.97. The van der Waals surface area contributed by atoms with Crippen molar-refractivity contribution in [3.05, 3.63) is 77.4 Å². The van der Waals surface area contributed by atoms with Gasteiger partial charge in [-0.3, -0.25) is 4.79 Å². The molecule has 0 saturated heterocycles. The van der Waals surface area contributed by atoms with Gasteiger partial charge in [0.1, 0.15) is 18.0 Å². The molecule has 168 valence electrons. The second-order valence-corrected chi connectivity index (χ2v) is 7.81. The fourth-order valence-electron chi connectivity index (χ4n) is 3.80. The second-order valence-electron chi connectivity index (χ2n) is 7.81. The van der Waals surface area contributed by atoms with E-state index in [9.17, 15) is 22.4 Å². The van der Waals surface area contributed by atoms with Crippen molar-refractivity contribution < 1.29 is 26.7 Å². The van der Waals surface area contributed by atoms with Gasteiger partial charge in [0.15, 0.2) is 0 Å². The molecular formula is C22H19F5N4O. The van der Waals surface area contributed by atoms with Crippen molar-refractivity contribution in [1.82, 2.24) is 20.6 Å². The number of hydrogen-bond donors (Lipinski definition) is 2. The Hall–Kier alpha value is -3.30. The van der Waals surface area contributed by atoms with Gasteiger partial charge in [0.05, 0.1) is 16.8 Å². The average molecular weight is 450 g/mol. The van der Waals surface area contributed by atoms with Crippen molar-refractivity contribution in [3.8, 4) is 0 Å². The summed E-state index contributed by atoms with van der Waals surface area (Å²) in [5.74, 6) is -7.84. The summed E-state index contributed by atoms with van der Waals surface area (Å²) in [5, 5.41) is 5.17. The summed E-state index contributed by atoms with van der Waals surface area (Å²) in [5.41, 5.74) is -0.423. The van der Waals surface area contributed by atoms with Gasteiger partial charge >= 0.3 is 0 Å². The molecule has 2 N–H and O–H groups in total. The van der Waals surface area contributed by atoms with E-state index in [1.54, 1.807) is 0 Å². The maximum Gasteiger partial charge on any atom is 0.253 e. The highest BCUT2D eigenvalue weighted by Gasteiger charge is 2.39. The van der Waals surface area contributed by atoms with E-state index >= 15 is 4.39 Å². The third kappa shape index (κ3) is 4.49. The predicted octanol–water partition coefficient (Wildman–Crippen LogP) is 4.14. The predicted molar refractivity (Wildman–Crippen MR) is 106 cm³/mol. The van der Waals surface area contributed by atoms with Crippen LogP contribution in [0.2, 0.25) is 0 Å². The first-order valence-electron chi connectivity index (χ1n) is 9.97. The molecule has 2 heterocycles. The van der Waals surface area contributed by atoms with Crippen LogP contribution in [-0.2, 0) is 10.6 Å². The molecule has 1 aliphatic heterocycles. The van der Waals surface area contributed by atoms with Crippen LogP contribution in [-0.4, -0.2) is 27.8 Å². The van der Waals surface area contributed by atoms with Gasteiger partial charge in [-0.05, 0) is 43.2 Å². The van der Waals surface area contributed by atoms with Crippen LogP contribution in [0.5, 0.6) is 0 Å². The van der Waals surface area contributed by atoms with E-state index in [4.69, 9.17) is 0 Å². The number of benzene rings is 1. The zero-order chi connectivity index (χ0) is 22.9. The molecule has 1 unspecified atom stereocenters. The Morgan fingerprint density at radius 2 is 1.78 bits per heavy atom. The Bertz CT molecular complexity index is 1080. The minimum Gasteiger partial charge on any atom is -0.349 e. The molecule has 0 radical (unpaired) electrons. The maximum absolute atomic E-state index is 15.8. The minimum atomic E-state index is -2.75. The molecule has 0 spiro atoms. The number of carbonyl (C=O) groups is 1. The Morgan fingerprint density at radius 1 is 1.09 bits per heavy atom. The normalized spacial score (nSPS) is 23.0. The van der Waals surface area contributed by atoms with Crippen LogP contribution in [0, 0.1) is 11.6 Å². The van der Waals surface area contributed by atoms with Crippen molar-refractivity contribution in [1.29, 1.82) is 0 Å². The van der Waals surface area contributed by atoms with Gasteiger partial charge in [-0.1, -0.05) is 0 Å². The van der Waals surface area contributed by atoms with Gasteiger partial charge in [-0.15, -0.1) is 0 Å². The smallest absolute Gasteiger partial charge is 0.253 e. The molecule has 1 fully saturated rings. The molecular weight excluding hydrogens is 431 g/mol. The lowest BCUT2D eigenvalue weighted by atomic mass is 9.91. The number of rotatable bonds is 4. The van der Waals surface area contributed by atoms with E-state index in [1.165, 1.54) is 18.7 Å². The largest absolute Gasteiger partial charge is 0.349 e. The molecule has 2 aromatic rings. The van der Waals surface area contributed by atoms with Crippen molar-refractivity contribution in [2.45, 2.75) is 43.4 Å². The second kappa shape index (κ2) is 8.33. The van der Waals surface area contributed by atoms with Gasteiger partial charge in [0.25, 0.3) is 5.91 Å². The highest BCUT2D eigenvalue weighted by Crippen LogP contribution is 2.36. The summed E-state index contributed by atoms with van der Waals surface area (Å²) in [7, 11) is 0. The fourth-order valence-corrected chi connectivity index (χ4v) is 3.80. The standard InChI is InChI=1S/C22H19F5N4O/c23-14-1-2-18(24)17(9-14)22(27)8-5-16(19(31-22)13-10-28-12-29-11-13)20(32)30-15-3-6-21(25,26)7-4-15/h1-2,5,8-12,15,31H,3-4,6-7H2,(H,30,32). The van der Waals surface area contributed by atoms with Crippen LogP contribution in [0.25, 0.3) is 5.70 Å². The molecule has 4 rings (SSSR count). The van der Waals surface area contributed by atoms with Crippen LogP contribution >= 0.6 is 0 Å². The Morgan fingerprint density at radius 3 is 2.47 bits per heavy atom. The van der Waals surface area contributed by atoms with Gasteiger partial charge in [-0.25, -0.2) is 31.9 Å². The van der Waals surface area contributed by atoms with Crippen LogP contribution in [0.3, 0.4) is 0 Å². The number of alkyl halides is 3. The number of halogens is 5. The van der Waals surface area contributed by atoms with Crippen molar-refractivity contribution in [3.63, 3.8) is 0 Å². The summed E-state index contributed by atoms with van der Waals surface area (Å²) < 4.78 is 70.5. The maximum atomic E-state index is 15.8. The summed E-state index contributed by atoms with van der Waals surface area (Å²) in [6, 6.07) is 1.92. The molecule has 32 heavy (non-hydrogen) atoms. The lowest BCUT2D eigenvalue weighted by Gasteiger charge is -2.32. The SMILES string of the molecule is O=C(NC1CCC(F)(F)CC1)C1=C(c2cncnc2)NC(F)(c2cc(F)ccc2F)C=C1. The van der Waals surface area contributed by atoms with E-state index in [0.717, 1.165) is 30.4 Å². The molecule has 0 bridgehead atoms. The van der Waals surface area contributed by atoms with E-state index in [-0.39, 0.29) is 42.5 Å². The van der Waals surface area contributed by atoms with E-state index in [2.05, 4.69) is 20.6 Å². The van der Waals surface area contributed by atoms with Crippen LogP contribution < -0.4 is 10.6 Å².